The van der Waals surface area contributed by atoms with Gasteiger partial charge in [-0.05, 0) is 26.3 Å². The Labute approximate surface area is 95.9 Å². The van der Waals surface area contributed by atoms with E-state index in [-0.39, 0.29) is 24.2 Å². The van der Waals surface area contributed by atoms with E-state index in [1.807, 2.05) is 38.1 Å². The van der Waals surface area contributed by atoms with Gasteiger partial charge in [0.05, 0.1) is 12.5 Å². The summed E-state index contributed by atoms with van der Waals surface area (Å²) >= 11 is 0. The highest BCUT2D eigenvalue weighted by Gasteiger charge is 2.10. The Morgan fingerprint density at radius 1 is 1.25 bits per heavy atom. The second-order valence-electron chi connectivity index (χ2n) is 4.08. The number of benzene rings is 1. The van der Waals surface area contributed by atoms with Crippen molar-refractivity contribution in [2.45, 2.75) is 33.2 Å². The Morgan fingerprint density at radius 2 is 1.81 bits per heavy atom. The van der Waals surface area contributed by atoms with Crippen molar-refractivity contribution in [3.63, 3.8) is 0 Å². The zero-order valence-electron chi connectivity index (χ0n) is 9.91. The van der Waals surface area contributed by atoms with Crippen LogP contribution in [0.4, 0.5) is 0 Å². The summed E-state index contributed by atoms with van der Waals surface area (Å²) in [5.74, 6) is -0.339. The summed E-state index contributed by atoms with van der Waals surface area (Å²) in [5.41, 5.74) is 2.23. The molecule has 1 N–H and O–H groups in total. The molecule has 0 saturated carbocycles. The van der Waals surface area contributed by atoms with Crippen molar-refractivity contribution in [3.8, 4) is 0 Å². The van der Waals surface area contributed by atoms with Gasteiger partial charge in [0.15, 0.2) is 0 Å². The van der Waals surface area contributed by atoms with Crippen LogP contribution in [0.5, 0.6) is 0 Å². The van der Waals surface area contributed by atoms with Gasteiger partial charge in [0.25, 0.3) is 0 Å². The normalized spacial score (nSPS) is 11.9. The molecule has 1 aromatic rings. The number of hydrogen-bond acceptors (Lipinski definition) is 2. The summed E-state index contributed by atoms with van der Waals surface area (Å²) in [6, 6.07) is 7.90. The molecule has 0 heterocycles. The van der Waals surface area contributed by atoms with Gasteiger partial charge in [0, 0.05) is 0 Å². The van der Waals surface area contributed by atoms with E-state index in [1.165, 1.54) is 12.5 Å². The van der Waals surface area contributed by atoms with Crippen LogP contribution < -0.4 is 5.32 Å². The fourth-order valence-corrected chi connectivity index (χ4v) is 1.46. The molecule has 3 heteroatoms. The summed E-state index contributed by atoms with van der Waals surface area (Å²) in [7, 11) is 0. The number of hydrogen-bond donors (Lipinski definition) is 1. The molecule has 1 aromatic carbocycles. The molecule has 16 heavy (non-hydrogen) atoms. The second kappa shape index (κ2) is 5.45. The molecule has 0 radical (unpaired) electrons. The van der Waals surface area contributed by atoms with Gasteiger partial charge >= 0.3 is 0 Å². The molecule has 3 nitrogen and oxygen atoms in total. The summed E-state index contributed by atoms with van der Waals surface area (Å²) in [6.07, 6.45) is -0.0454. The number of Topliss-reactive ketones (excluding diaryl/α,β-unsaturated/α-hetero) is 1. The van der Waals surface area contributed by atoms with Crippen molar-refractivity contribution in [1.29, 1.82) is 0 Å². The molecule has 0 spiro atoms. The SMILES string of the molecule is CC(=O)CC(=O)NC(C)c1ccc(C)cc1. The second-order valence-corrected chi connectivity index (χ2v) is 4.08. The fourth-order valence-electron chi connectivity index (χ4n) is 1.46. The lowest BCUT2D eigenvalue weighted by Crippen LogP contribution is -2.27. The zero-order valence-corrected chi connectivity index (χ0v) is 9.91. The van der Waals surface area contributed by atoms with Crippen LogP contribution in [0.3, 0.4) is 0 Å². The predicted molar refractivity (Wildman–Crippen MR) is 63.0 cm³/mol. The number of nitrogens with one attached hydrogen (secondary N) is 1. The number of carbonyl (C=O) groups excluding carboxylic acids is 2. The van der Waals surface area contributed by atoms with Gasteiger partial charge in [-0.15, -0.1) is 0 Å². The topological polar surface area (TPSA) is 46.2 Å². The van der Waals surface area contributed by atoms with E-state index in [1.54, 1.807) is 0 Å². The average Bonchev–Trinajstić information content (AvgIpc) is 2.16. The first-order chi connectivity index (χ1) is 7.49. The van der Waals surface area contributed by atoms with Crippen molar-refractivity contribution in [2.75, 3.05) is 0 Å². The van der Waals surface area contributed by atoms with Crippen LogP contribution >= 0.6 is 0 Å². The fraction of sp³-hybridized carbons (Fsp3) is 0.385. The van der Waals surface area contributed by atoms with Crippen molar-refractivity contribution in [1.82, 2.24) is 5.32 Å². The lowest BCUT2D eigenvalue weighted by Gasteiger charge is -2.13. The highest BCUT2D eigenvalue weighted by molar-refractivity contribution is 5.96. The van der Waals surface area contributed by atoms with E-state index in [9.17, 15) is 9.59 Å². The standard InChI is InChI=1S/C13H17NO2/c1-9-4-6-12(7-5-9)11(3)14-13(16)8-10(2)15/h4-7,11H,8H2,1-3H3,(H,14,16). The van der Waals surface area contributed by atoms with Gasteiger partial charge in [0.1, 0.15) is 5.78 Å². The minimum Gasteiger partial charge on any atom is -0.349 e. The minimum absolute atomic E-state index is 0.0454. The van der Waals surface area contributed by atoms with E-state index >= 15 is 0 Å². The van der Waals surface area contributed by atoms with Gasteiger partial charge < -0.3 is 5.32 Å². The Kier molecular flexibility index (Phi) is 4.23. The largest absolute Gasteiger partial charge is 0.349 e. The van der Waals surface area contributed by atoms with Crippen LogP contribution in [-0.2, 0) is 9.59 Å². The van der Waals surface area contributed by atoms with E-state index in [2.05, 4.69) is 5.32 Å². The zero-order chi connectivity index (χ0) is 12.1. The molecule has 0 fully saturated rings. The molecular weight excluding hydrogens is 202 g/mol. The molecule has 0 aliphatic rings. The number of amides is 1. The predicted octanol–water partition coefficient (Wildman–Crippen LogP) is 2.15. The molecule has 86 valence electrons. The first-order valence-electron chi connectivity index (χ1n) is 5.34. The molecule has 0 bridgehead atoms. The Balaban J connectivity index is 2.58. The molecule has 1 rings (SSSR count). The molecule has 0 aliphatic carbocycles. The molecule has 0 saturated heterocycles. The smallest absolute Gasteiger partial charge is 0.227 e. The van der Waals surface area contributed by atoms with Crippen LogP contribution in [-0.4, -0.2) is 11.7 Å². The Bertz CT molecular complexity index is 381. The van der Waals surface area contributed by atoms with Crippen LogP contribution in [0.1, 0.15) is 37.4 Å². The first-order valence-corrected chi connectivity index (χ1v) is 5.34. The third kappa shape index (κ3) is 3.85. The number of ketones is 1. The van der Waals surface area contributed by atoms with Crippen molar-refractivity contribution >= 4 is 11.7 Å². The van der Waals surface area contributed by atoms with Gasteiger partial charge in [-0.25, -0.2) is 0 Å². The monoisotopic (exact) mass is 219 g/mol. The van der Waals surface area contributed by atoms with Crippen LogP contribution in [0.25, 0.3) is 0 Å². The van der Waals surface area contributed by atoms with Crippen LogP contribution in [0.2, 0.25) is 0 Å². The van der Waals surface area contributed by atoms with Gasteiger partial charge in [-0.2, -0.15) is 0 Å². The summed E-state index contributed by atoms with van der Waals surface area (Å²) in [6.45, 7) is 5.33. The van der Waals surface area contributed by atoms with Gasteiger partial charge in [0.2, 0.25) is 5.91 Å². The molecular formula is C13H17NO2. The number of aryl methyl sites for hydroxylation is 1. The third-order valence-electron chi connectivity index (χ3n) is 2.36. The van der Waals surface area contributed by atoms with Crippen LogP contribution in [0, 0.1) is 6.92 Å². The summed E-state index contributed by atoms with van der Waals surface area (Å²) < 4.78 is 0. The van der Waals surface area contributed by atoms with Gasteiger partial charge in [-0.3, -0.25) is 9.59 Å². The van der Waals surface area contributed by atoms with Gasteiger partial charge in [-0.1, -0.05) is 29.8 Å². The molecule has 1 unspecified atom stereocenters. The number of carbonyl (C=O) groups is 2. The highest BCUT2D eigenvalue weighted by atomic mass is 16.2. The van der Waals surface area contributed by atoms with E-state index < -0.39 is 0 Å². The van der Waals surface area contributed by atoms with E-state index in [0.29, 0.717) is 0 Å². The molecule has 0 aliphatic heterocycles. The van der Waals surface area contributed by atoms with Crippen molar-refractivity contribution in [3.05, 3.63) is 35.4 Å². The Hall–Kier alpha value is -1.64. The van der Waals surface area contributed by atoms with E-state index in [4.69, 9.17) is 0 Å². The minimum atomic E-state index is -0.222. The third-order valence-corrected chi connectivity index (χ3v) is 2.36. The lowest BCUT2D eigenvalue weighted by atomic mass is 10.1. The summed E-state index contributed by atoms with van der Waals surface area (Å²) in [5, 5.41) is 2.79. The van der Waals surface area contributed by atoms with Crippen molar-refractivity contribution < 1.29 is 9.59 Å². The maximum absolute atomic E-state index is 11.4. The number of rotatable bonds is 4. The van der Waals surface area contributed by atoms with Crippen molar-refractivity contribution in [2.24, 2.45) is 0 Å². The Morgan fingerprint density at radius 3 is 2.31 bits per heavy atom. The quantitative estimate of drug-likeness (QED) is 0.789. The maximum Gasteiger partial charge on any atom is 0.227 e. The lowest BCUT2D eigenvalue weighted by molar-refractivity contribution is -0.127. The van der Waals surface area contributed by atoms with Crippen LogP contribution in [0.15, 0.2) is 24.3 Å². The molecule has 1 amide bonds. The maximum atomic E-state index is 11.4. The molecule has 1 atom stereocenters. The van der Waals surface area contributed by atoms with E-state index in [0.717, 1.165) is 5.56 Å². The highest BCUT2D eigenvalue weighted by Crippen LogP contribution is 2.12. The first kappa shape index (κ1) is 12.4. The molecule has 0 aromatic heterocycles. The average molecular weight is 219 g/mol. The summed E-state index contributed by atoms with van der Waals surface area (Å²) in [4.78, 5) is 22.1.